The molecule has 4 heteroatoms. The summed E-state index contributed by atoms with van der Waals surface area (Å²) in [6.07, 6.45) is 2.74. The molecule has 22 heavy (non-hydrogen) atoms. The van der Waals surface area contributed by atoms with E-state index in [0.29, 0.717) is 0 Å². The highest BCUT2D eigenvalue weighted by atomic mass is 16.3. The predicted octanol–water partition coefficient (Wildman–Crippen LogP) is 3.24. The van der Waals surface area contributed by atoms with Crippen LogP contribution in [0.4, 0.5) is 0 Å². The summed E-state index contributed by atoms with van der Waals surface area (Å²) in [5, 5.41) is 0. The van der Waals surface area contributed by atoms with E-state index in [1.165, 1.54) is 17.0 Å². The van der Waals surface area contributed by atoms with Crippen LogP contribution < -0.4 is 0 Å². The van der Waals surface area contributed by atoms with E-state index >= 15 is 0 Å². The largest absolute Gasteiger partial charge is 0.468 e. The van der Waals surface area contributed by atoms with Crippen LogP contribution in [0.1, 0.15) is 17.1 Å². The molecule has 0 saturated heterocycles. The standard InChI is InChI=1S/C18H19N3O/c1-20-17-13-21(12-15-8-5-11-22-15)10-9-16(17)19-18(20)14-6-3-2-4-7-14/h2-8,11H,9-10,12-13H2,1H3. The summed E-state index contributed by atoms with van der Waals surface area (Å²) in [5.74, 6) is 2.08. The molecular weight excluding hydrogens is 274 g/mol. The van der Waals surface area contributed by atoms with E-state index in [4.69, 9.17) is 9.40 Å². The van der Waals surface area contributed by atoms with Crippen LogP contribution in [0.15, 0.2) is 53.1 Å². The smallest absolute Gasteiger partial charge is 0.140 e. The van der Waals surface area contributed by atoms with Crippen LogP contribution in [0.3, 0.4) is 0 Å². The van der Waals surface area contributed by atoms with Crippen LogP contribution in [0, 0.1) is 0 Å². The SMILES string of the molecule is Cn1c(-c2ccccc2)nc2c1CN(Cc1ccco1)CC2. The Balaban J connectivity index is 1.61. The zero-order valence-electron chi connectivity index (χ0n) is 12.7. The van der Waals surface area contributed by atoms with Gasteiger partial charge in [-0.3, -0.25) is 4.90 Å². The summed E-state index contributed by atoms with van der Waals surface area (Å²) in [6, 6.07) is 14.4. The first-order chi connectivity index (χ1) is 10.8. The van der Waals surface area contributed by atoms with Gasteiger partial charge in [0.2, 0.25) is 0 Å². The molecule has 0 aliphatic carbocycles. The van der Waals surface area contributed by atoms with Gasteiger partial charge in [0.05, 0.1) is 24.2 Å². The molecule has 0 amide bonds. The monoisotopic (exact) mass is 293 g/mol. The second kappa shape index (κ2) is 5.46. The topological polar surface area (TPSA) is 34.2 Å². The number of nitrogens with zero attached hydrogens (tertiary/aromatic N) is 3. The molecule has 0 atom stereocenters. The number of furan rings is 1. The Bertz CT molecular complexity index is 759. The van der Waals surface area contributed by atoms with E-state index in [-0.39, 0.29) is 0 Å². The molecule has 3 heterocycles. The maximum atomic E-state index is 5.46. The van der Waals surface area contributed by atoms with Crippen molar-refractivity contribution in [2.24, 2.45) is 7.05 Å². The fourth-order valence-electron chi connectivity index (χ4n) is 3.14. The van der Waals surface area contributed by atoms with Crippen molar-refractivity contribution in [1.29, 1.82) is 0 Å². The lowest BCUT2D eigenvalue weighted by atomic mass is 10.1. The molecule has 3 aromatic rings. The van der Waals surface area contributed by atoms with Crippen molar-refractivity contribution in [3.8, 4) is 11.4 Å². The lowest BCUT2D eigenvalue weighted by molar-refractivity contribution is 0.219. The number of benzene rings is 1. The molecule has 0 fully saturated rings. The van der Waals surface area contributed by atoms with Gasteiger partial charge >= 0.3 is 0 Å². The van der Waals surface area contributed by atoms with Crippen molar-refractivity contribution in [2.45, 2.75) is 19.5 Å². The Morgan fingerprint density at radius 2 is 2.00 bits per heavy atom. The minimum atomic E-state index is 0.859. The molecule has 0 radical (unpaired) electrons. The van der Waals surface area contributed by atoms with Crippen molar-refractivity contribution in [1.82, 2.24) is 14.5 Å². The van der Waals surface area contributed by atoms with E-state index in [1.54, 1.807) is 6.26 Å². The summed E-state index contributed by atoms with van der Waals surface area (Å²) in [6.45, 7) is 2.81. The van der Waals surface area contributed by atoms with Crippen LogP contribution in [0.25, 0.3) is 11.4 Å². The minimum absolute atomic E-state index is 0.859. The third kappa shape index (κ3) is 2.35. The quantitative estimate of drug-likeness (QED) is 0.743. The lowest BCUT2D eigenvalue weighted by Crippen LogP contribution is -2.30. The summed E-state index contributed by atoms with van der Waals surface area (Å²) in [7, 11) is 2.12. The van der Waals surface area contributed by atoms with Crippen molar-refractivity contribution in [3.63, 3.8) is 0 Å². The van der Waals surface area contributed by atoms with E-state index in [0.717, 1.165) is 37.6 Å². The molecule has 4 nitrogen and oxygen atoms in total. The number of hydrogen-bond donors (Lipinski definition) is 0. The molecule has 0 unspecified atom stereocenters. The summed E-state index contributed by atoms with van der Waals surface area (Å²) >= 11 is 0. The molecule has 0 N–H and O–H groups in total. The predicted molar refractivity (Wildman–Crippen MR) is 85.2 cm³/mol. The Labute approximate surface area is 130 Å². The molecular formula is C18H19N3O. The van der Waals surface area contributed by atoms with Gasteiger partial charge < -0.3 is 8.98 Å². The molecule has 112 valence electrons. The lowest BCUT2D eigenvalue weighted by Gasteiger charge is -2.26. The van der Waals surface area contributed by atoms with Gasteiger partial charge in [-0.1, -0.05) is 30.3 Å². The van der Waals surface area contributed by atoms with Gasteiger partial charge in [-0.25, -0.2) is 4.98 Å². The first-order valence-corrected chi connectivity index (χ1v) is 7.66. The van der Waals surface area contributed by atoms with Crippen LogP contribution in [-0.2, 0) is 26.6 Å². The van der Waals surface area contributed by atoms with Gasteiger partial charge in [-0.15, -0.1) is 0 Å². The molecule has 1 aromatic carbocycles. The van der Waals surface area contributed by atoms with Gasteiger partial charge in [0, 0.05) is 32.1 Å². The highest BCUT2D eigenvalue weighted by Crippen LogP contribution is 2.26. The zero-order valence-corrected chi connectivity index (χ0v) is 12.7. The molecule has 1 aliphatic rings. The normalized spacial score (nSPS) is 15.0. The second-order valence-electron chi connectivity index (χ2n) is 5.79. The van der Waals surface area contributed by atoms with Crippen molar-refractivity contribution >= 4 is 0 Å². The Morgan fingerprint density at radius 1 is 1.14 bits per heavy atom. The average Bonchev–Trinajstić information content (AvgIpc) is 3.17. The van der Waals surface area contributed by atoms with Crippen LogP contribution in [-0.4, -0.2) is 21.0 Å². The van der Waals surface area contributed by atoms with Gasteiger partial charge in [-0.2, -0.15) is 0 Å². The summed E-state index contributed by atoms with van der Waals surface area (Å²) in [5.41, 5.74) is 3.73. The van der Waals surface area contributed by atoms with Crippen molar-refractivity contribution in [3.05, 3.63) is 65.9 Å². The Kier molecular flexibility index (Phi) is 3.31. The van der Waals surface area contributed by atoms with Crippen LogP contribution >= 0.6 is 0 Å². The third-order valence-electron chi connectivity index (χ3n) is 4.33. The highest BCUT2D eigenvalue weighted by molar-refractivity contribution is 5.56. The van der Waals surface area contributed by atoms with Crippen molar-refractivity contribution in [2.75, 3.05) is 6.54 Å². The van der Waals surface area contributed by atoms with Gasteiger partial charge in [0.1, 0.15) is 11.6 Å². The number of hydrogen-bond acceptors (Lipinski definition) is 3. The highest BCUT2D eigenvalue weighted by Gasteiger charge is 2.23. The Hall–Kier alpha value is -2.33. The number of rotatable bonds is 3. The molecule has 2 aromatic heterocycles. The third-order valence-corrected chi connectivity index (χ3v) is 4.33. The summed E-state index contributed by atoms with van der Waals surface area (Å²) < 4.78 is 7.70. The number of aromatic nitrogens is 2. The second-order valence-corrected chi connectivity index (χ2v) is 5.79. The van der Waals surface area contributed by atoms with Crippen LogP contribution in [0.2, 0.25) is 0 Å². The fraction of sp³-hybridized carbons (Fsp3) is 0.278. The average molecular weight is 293 g/mol. The van der Waals surface area contributed by atoms with Gasteiger partial charge in [-0.05, 0) is 12.1 Å². The minimum Gasteiger partial charge on any atom is -0.468 e. The number of fused-ring (bicyclic) bond motifs is 1. The fourth-order valence-corrected chi connectivity index (χ4v) is 3.14. The molecule has 1 aliphatic heterocycles. The molecule has 0 spiro atoms. The van der Waals surface area contributed by atoms with Gasteiger partial charge in [0.25, 0.3) is 0 Å². The zero-order chi connectivity index (χ0) is 14.9. The van der Waals surface area contributed by atoms with Gasteiger partial charge in [0.15, 0.2) is 0 Å². The number of imidazole rings is 1. The van der Waals surface area contributed by atoms with E-state index in [2.05, 4.69) is 40.8 Å². The maximum absolute atomic E-state index is 5.46. The summed E-state index contributed by atoms with van der Waals surface area (Å²) in [4.78, 5) is 7.28. The Morgan fingerprint density at radius 3 is 2.77 bits per heavy atom. The van der Waals surface area contributed by atoms with Crippen LogP contribution in [0.5, 0.6) is 0 Å². The van der Waals surface area contributed by atoms with Crippen molar-refractivity contribution < 1.29 is 4.42 Å². The molecule has 4 rings (SSSR count). The van der Waals surface area contributed by atoms with E-state index in [9.17, 15) is 0 Å². The molecule has 0 saturated carbocycles. The first kappa shape index (κ1) is 13.3. The molecule has 0 bridgehead atoms. The van der Waals surface area contributed by atoms with E-state index < -0.39 is 0 Å². The van der Waals surface area contributed by atoms with E-state index in [1.807, 2.05) is 18.2 Å². The first-order valence-electron chi connectivity index (χ1n) is 7.66. The maximum Gasteiger partial charge on any atom is 0.140 e.